The maximum Gasteiger partial charge on any atom is 0.315 e. The molecule has 6 heteroatoms. The molecule has 1 aromatic carbocycles. The van der Waals surface area contributed by atoms with Crippen molar-refractivity contribution in [2.75, 3.05) is 0 Å². The number of rotatable bonds is 7. The molecular weight excluding hydrogens is 332 g/mol. The first-order valence-corrected chi connectivity index (χ1v) is 9.24. The molecule has 0 bridgehead atoms. The van der Waals surface area contributed by atoms with E-state index in [2.05, 4.69) is 38.6 Å². The van der Waals surface area contributed by atoms with Gasteiger partial charge in [-0.25, -0.2) is 4.79 Å². The minimum atomic E-state index is -0.142. The summed E-state index contributed by atoms with van der Waals surface area (Å²) >= 11 is 1.68. The number of urea groups is 1. The summed E-state index contributed by atoms with van der Waals surface area (Å²) in [5, 5.41) is 14.4. The molecule has 0 saturated carbocycles. The topological polar surface area (TPSA) is 59.0 Å². The molecule has 130 valence electrons. The van der Waals surface area contributed by atoms with E-state index in [1.54, 1.807) is 17.5 Å². The fourth-order valence-electron chi connectivity index (χ4n) is 2.72. The molecule has 0 aliphatic heterocycles. The van der Waals surface area contributed by atoms with E-state index in [9.17, 15) is 4.79 Å². The number of carbonyl (C=O) groups excluding carboxylic acids is 1. The number of nitrogens with zero attached hydrogens (tertiary/aromatic N) is 2. The number of benzene rings is 1. The van der Waals surface area contributed by atoms with Crippen LogP contribution in [0.5, 0.6) is 0 Å². The Hall–Kier alpha value is -2.60. The zero-order valence-electron chi connectivity index (χ0n) is 14.2. The monoisotopic (exact) mass is 354 g/mol. The number of carbonyl (C=O) groups is 1. The first-order chi connectivity index (χ1) is 12.2. The zero-order chi connectivity index (χ0) is 17.5. The van der Waals surface area contributed by atoms with Gasteiger partial charge in [-0.1, -0.05) is 24.3 Å². The van der Waals surface area contributed by atoms with E-state index in [0.29, 0.717) is 13.1 Å². The summed E-state index contributed by atoms with van der Waals surface area (Å²) in [5.74, 6) is 0. The first kappa shape index (κ1) is 17.2. The molecule has 0 spiro atoms. The number of hydrogen-bond acceptors (Lipinski definition) is 3. The Bertz CT molecular complexity index is 784. The second kappa shape index (κ2) is 8.48. The summed E-state index contributed by atoms with van der Waals surface area (Å²) in [6.07, 6.45) is 4.54. The summed E-state index contributed by atoms with van der Waals surface area (Å²) in [4.78, 5) is 12.1. The lowest BCUT2D eigenvalue weighted by Crippen LogP contribution is -2.41. The molecule has 0 aliphatic carbocycles. The van der Waals surface area contributed by atoms with Gasteiger partial charge in [-0.15, -0.1) is 0 Å². The van der Waals surface area contributed by atoms with Crippen LogP contribution in [0.1, 0.15) is 23.6 Å². The van der Waals surface area contributed by atoms with Gasteiger partial charge in [-0.2, -0.15) is 16.4 Å². The van der Waals surface area contributed by atoms with Gasteiger partial charge in [0, 0.05) is 25.0 Å². The molecule has 0 aliphatic rings. The summed E-state index contributed by atoms with van der Waals surface area (Å²) < 4.78 is 1.88. The van der Waals surface area contributed by atoms with E-state index in [4.69, 9.17) is 0 Å². The summed E-state index contributed by atoms with van der Waals surface area (Å²) in [5.41, 5.74) is 3.50. The predicted octanol–water partition coefficient (Wildman–Crippen LogP) is 3.42. The van der Waals surface area contributed by atoms with E-state index >= 15 is 0 Å². The summed E-state index contributed by atoms with van der Waals surface area (Å²) in [6, 6.07) is 12.0. The average Bonchev–Trinajstić information content (AvgIpc) is 3.28. The second-order valence-electron chi connectivity index (χ2n) is 6.04. The Morgan fingerprint density at radius 3 is 2.80 bits per heavy atom. The molecule has 1 atom stereocenters. The highest BCUT2D eigenvalue weighted by Crippen LogP contribution is 2.11. The van der Waals surface area contributed by atoms with Gasteiger partial charge >= 0.3 is 6.03 Å². The van der Waals surface area contributed by atoms with Crippen LogP contribution in [0.3, 0.4) is 0 Å². The van der Waals surface area contributed by atoms with Crippen molar-refractivity contribution >= 4 is 17.4 Å². The molecule has 2 amide bonds. The fraction of sp³-hybridized carbons (Fsp3) is 0.263. The Morgan fingerprint density at radius 1 is 1.24 bits per heavy atom. The van der Waals surface area contributed by atoms with E-state index < -0.39 is 0 Å². The third kappa shape index (κ3) is 5.19. The van der Waals surface area contributed by atoms with E-state index in [1.807, 2.05) is 42.1 Å². The molecule has 1 unspecified atom stereocenters. The van der Waals surface area contributed by atoms with E-state index in [1.165, 1.54) is 5.56 Å². The highest BCUT2D eigenvalue weighted by Gasteiger charge is 2.09. The average molecular weight is 354 g/mol. The van der Waals surface area contributed by atoms with Crippen LogP contribution in [0.15, 0.2) is 59.6 Å². The van der Waals surface area contributed by atoms with Gasteiger partial charge in [0.05, 0.1) is 6.54 Å². The minimum Gasteiger partial charge on any atom is -0.335 e. The number of thiophene rings is 1. The smallest absolute Gasteiger partial charge is 0.315 e. The fourth-order valence-corrected chi connectivity index (χ4v) is 3.40. The molecule has 5 nitrogen and oxygen atoms in total. The van der Waals surface area contributed by atoms with Gasteiger partial charge in [-0.05, 0) is 52.9 Å². The first-order valence-electron chi connectivity index (χ1n) is 8.30. The van der Waals surface area contributed by atoms with Crippen molar-refractivity contribution in [1.29, 1.82) is 0 Å². The van der Waals surface area contributed by atoms with E-state index in [-0.39, 0.29) is 12.1 Å². The molecule has 3 aromatic rings. The lowest BCUT2D eigenvalue weighted by molar-refractivity contribution is 0.237. The third-order valence-corrected chi connectivity index (χ3v) is 4.68. The van der Waals surface area contributed by atoms with Gasteiger partial charge in [0.1, 0.15) is 0 Å². The van der Waals surface area contributed by atoms with Crippen molar-refractivity contribution in [3.05, 3.63) is 76.2 Å². The molecular formula is C19H22N4OS. The van der Waals surface area contributed by atoms with Crippen molar-refractivity contribution in [2.24, 2.45) is 0 Å². The van der Waals surface area contributed by atoms with Gasteiger partial charge in [0.25, 0.3) is 0 Å². The number of amides is 2. The normalized spacial score (nSPS) is 11.9. The maximum atomic E-state index is 12.1. The van der Waals surface area contributed by atoms with Crippen LogP contribution < -0.4 is 10.6 Å². The lowest BCUT2D eigenvalue weighted by Gasteiger charge is -2.15. The molecule has 2 aromatic heterocycles. The molecule has 2 heterocycles. The standard InChI is InChI=1S/C19H22N4OS/c1-15(11-16-7-10-25-14-16)22-19(24)20-12-17-5-2-3-6-18(17)13-23-9-4-8-21-23/h2-10,14-15H,11-13H2,1H3,(H2,20,22,24). The van der Waals surface area contributed by atoms with Gasteiger partial charge in [-0.3, -0.25) is 4.68 Å². The van der Waals surface area contributed by atoms with Crippen molar-refractivity contribution < 1.29 is 4.79 Å². The van der Waals surface area contributed by atoms with Gasteiger partial charge < -0.3 is 10.6 Å². The number of nitrogens with one attached hydrogen (secondary N) is 2. The SMILES string of the molecule is CC(Cc1ccsc1)NC(=O)NCc1ccccc1Cn1cccn1. The third-order valence-electron chi connectivity index (χ3n) is 3.95. The summed E-state index contributed by atoms with van der Waals surface area (Å²) in [6.45, 7) is 3.21. The molecule has 0 saturated heterocycles. The Labute approximate surface area is 151 Å². The Kier molecular flexibility index (Phi) is 5.85. The maximum absolute atomic E-state index is 12.1. The van der Waals surface area contributed by atoms with Crippen molar-refractivity contribution in [3.63, 3.8) is 0 Å². The van der Waals surface area contributed by atoms with Crippen LogP contribution in [0.2, 0.25) is 0 Å². The molecule has 3 rings (SSSR count). The van der Waals surface area contributed by atoms with Crippen LogP contribution >= 0.6 is 11.3 Å². The number of hydrogen-bond donors (Lipinski definition) is 2. The van der Waals surface area contributed by atoms with Crippen LogP contribution in [-0.4, -0.2) is 21.9 Å². The van der Waals surface area contributed by atoms with Crippen LogP contribution in [0.4, 0.5) is 4.79 Å². The lowest BCUT2D eigenvalue weighted by atomic mass is 10.1. The van der Waals surface area contributed by atoms with Gasteiger partial charge in [0.15, 0.2) is 0 Å². The van der Waals surface area contributed by atoms with Crippen molar-refractivity contribution in [1.82, 2.24) is 20.4 Å². The van der Waals surface area contributed by atoms with Crippen molar-refractivity contribution in [3.8, 4) is 0 Å². The van der Waals surface area contributed by atoms with Crippen LogP contribution in [0, 0.1) is 0 Å². The summed E-state index contributed by atoms with van der Waals surface area (Å²) in [7, 11) is 0. The Morgan fingerprint density at radius 2 is 2.08 bits per heavy atom. The van der Waals surface area contributed by atoms with E-state index in [0.717, 1.165) is 17.5 Å². The molecule has 25 heavy (non-hydrogen) atoms. The van der Waals surface area contributed by atoms with Crippen LogP contribution in [0.25, 0.3) is 0 Å². The quantitative estimate of drug-likeness (QED) is 0.683. The molecule has 0 fully saturated rings. The molecule has 2 N–H and O–H groups in total. The minimum absolute atomic E-state index is 0.0916. The zero-order valence-corrected chi connectivity index (χ0v) is 15.0. The highest BCUT2D eigenvalue weighted by molar-refractivity contribution is 7.07. The molecule has 0 radical (unpaired) electrons. The Balaban J connectivity index is 1.51. The van der Waals surface area contributed by atoms with Gasteiger partial charge in [0.2, 0.25) is 0 Å². The largest absolute Gasteiger partial charge is 0.335 e. The van der Waals surface area contributed by atoms with Crippen molar-refractivity contribution in [2.45, 2.75) is 32.5 Å². The highest BCUT2D eigenvalue weighted by atomic mass is 32.1. The van der Waals surface area contributed by atoms with Crippen LogP contribution in [-0.2, 0) is 19.5 Å². The predicted molar refractivity (Wildman–Crippen MR) is 101 cm³/mol. The number of aromatic nitrogens is 2. The second-order valence-corrected chi connectivity index (χ2v) is 6.82.